The van der Waals surface area contributed by atoms with Crippen molar-refractivity contribution in [3.8, 4) is 0 Å². The summed E-state index contributed by atoms with van der Waals surface area (Å²) < 4.78 is 16.5. The van der Waals surface area contributed by atoms with Crippen LogP contribution in [0.25, 0.3) is 0 Å². The van der Waals surface area contributed by atoms with E-state index in [1.54, 1.807) is 6.08 Å². The number of unbranched alkanes of at least 4 members (excludes halogenated alkanes) is 1. The molecule has 1 fully saturated rings. The summed E-state index contributed by atoms with van der Waals surface area (Å²) in [6.45, 7) is 9.97. The number of hydrogen-bond donors (Lipinski definition) is 0. The lowest BCUT2D eigenvalue weighted by atomic mass is 10.1. The fourth-order valence-electron chi connectivity index (χ4n) is 1.99. The second kappa shape index (κ2) is 6.90. The Hall–Kier alpha value is -0.870. The Morgan fingerprint density at radius 2 is 2.22 bits per heavy atom. The molecule has 0 unspecified atom stereocenters. The average molecular weight is 256 g/mol. The number of ether oxygens (including phenoxy) is 3. The molecule has 1 saturated heterocycles. The smallest absolute Gasteiger partial charge is 0.308 e. The Kier molecular flexibility index (Phi) is 5.82. The summed E-state index contributed by atoms with van der Waals surface area (Å²) in [4.78, 5) is 11.6. The molecule has 0 N–H and O–H groups in total. The van der Waals surface area contributed by atoms with Crippen LogP contribution in [-0.2, 0) is 19.0 Å². The number of rotatable bonds is 6. The zero-order valence-corrected chi connectivity index (χ0v) is 11.6. The van der Waals surface area contributed by atoms with Crippen LogP contribution < -0.4 is 0 Å². The van der Waals surface area contributed by atoms with E-state index in [2.05, 4.69) is 13.5 Å². The van der Waals surface area contributed by atoms with Crippen molar-refractivity contribution in [2.75, 3.05) is 6.61 Å². The minimum Gasteiger partial charge on any atom is -0.466 e. The van der Waals surface area contributed by atoms with Gasteiger partial charge in [0.25, 0.3) is 0 Å². The zero-order valence-electron chi connectivity index (χ0n) is 11.6. The van der Waals surface area contributed by atoms with Gasteiger partial charge in [0, 0.05) is 6.42 Å². The lowest BCUT2D eigenvalue weighted by molar-refractivity contribution is -0.290. The monoisotopic (exact) mass is 256 g/mol. The van der Waals surface area contributed by atoms with E-state index in [4.69, 9.17) is 14.2 Å². The lowest BCUT2D eigenvalue weighted by Gasteiger charge is -2.39. The molecule has 0 saturated carbocycles. The summed E-state index contributed by atoms with van der Waals surface area (Å²) in [7, 11) is 0. The van der Waals surface area contributed by atoms with E-state index in [0.29, 0.717) is 13.0 Å². The van der Waals surface area contributed by atoms with Gasteiger partial charge < -0.3 is 14.2 Å². The molecule has 0 bridgehead atoms. The molecule has 0 spiro atoms. The lowest BCUT2D eigenvalue weighted by Crippen LogP contribution is -2.44. The molecule has 2 atom stereocenters. The first-order valence-corrected chi connectivity index (χ1v) is 6.60. The van der Waals surface area contributed by atoms with Crippen LogP contribution in [0.5, 0.6) is 0 Å². The van der Waals surface area contributed by atoms with Gasteiger partial charge >= 0.3 is 5.97 Å². The van der Waals surface area contributed by atoms with Gasteiger partial charge in [-0.2, -0.15) is 0 Å². The standard InChI is InChI=1S/C14H24O4/c1-5-7-8-16-13(15)10-12-9-11(6-2)17-14(3,4)18-12/h6,11-12H,2,5,7-10H2,1,3-4H3/t11-,12-/m1/s1. The fraction of sp³-hybridized carbons (Fsp3) is 0.786. The molecule has 1 heterocycles. The molecule has 18 heavy (non-hydrogen) atoms. The average Bonchev–Trinajstić information content (AvgIpc) is 2.27. The highest BCUT2D eigenvalue weighted by Gasteiger charge is 2.35. The van der Waals surface area contributed by atoms with Crippen molar-refractivity contribution in [2.45, 2.75) is 64.4 Å². The first-order valence-electron chi connectivity index (χ1n) is 6.60. The van der Waals surface area contributed by atoms with Gasteiger partial charge in [0.15, 0.2) is 5.79 Å². The quantitative estimate of drug-likeness (QED) is 0.416. The maximum absolute atomic E-state index is 11.6. The Balaban J connectivity index is 2.40. The third kappa shape index (κ3) is 5.19. The molecule has 104 valence electrons. The van der Waals surface area contributed by atoms with Crippen LogP contribution in [0.2, 0.25) is 0 Å². The highest BCUT2D eigenvalue weighted by atomic mass is 16.7. The minimum atomic E-state index is -0.675. The molecule has 0 aromatic heterocycles. The topological polar surface area (TPSA) is 44.8 Å². The largest absolute Gasteiger partial charge is 0.466 e. The minimum absolute atomic E-state index is 0.0674. The van der Waals surface area contributed by atoms with Crippen molar-refractivity contribution in [1.29, 1.82) is 0 Å². The molecule has 0 aliphatic carbocycles. The van der Waals surface area contributed by atoms with E-state index in [9.17, 15) is 4.79 Å². The fourth-order valence-corrected chi connectivity index (χ4v) is 1.99. The van der Waals surface area contributed by atoms with E-state index in [1.165, 1.54) is 0 Å². The molecule has 0 aromatic rings. The molecule has 1 rings (SSSR count). The van der Waals surface area contributed by atoms with E-state index in [-0.39, 0.29) is 24.6 Å². The third-order valence-corrected chi connectivity index (χ3v) is 2.80. The molecule has 4 heteroatoms. The third-order valence-electron chi connectivity index (χ3n) is 2.80. The van der Waals surface area contributed by atoms with Gasteiger partial charge in [-0.1, -0.05) is 19.4 Å². The van der Waals surface area contributed by atoms with E-state index < -0.39 is 5.79 Å². The Morgan fingerprint density at radius 3 is 2.83 bits per heavy atom. The number of carbonyl (C=O) groups is 1. The van der Waals surface area contributed by atoms with E-state index >= 15 is 0 Å². The van der Waals surface area contributed by atoms with Crippen LogP contribution in [0.3, 0.4) is 0 Å². The summed E-state index contributed by atoms with van der Waals surface area (Å²) in [5.74, 6) is -0.875. The Morgan fingerprint density at radius 1 is 1.50 bits per heavy atom. The number of hydrogen-bond acceptors (Lipinski definition) is 4. The predicted octanol–water partition coefficient (Wildman–Crippen LogP) is 2.82. The second-order valence-electron chi connectivity index (χ2n) is 5.05. The van der Waals surface area contributed by atoms with Gasteiger partial charge in [-0.3, -0.25) is 4.79 Å². The number of carbonyl (C=O) groups excluding carboxylic acids is 1. The van der Waals surface area contributed by atoms with Crippen LogP contribution in [0.1, 0.15) is 46.5 Å². The van der Waals surface area contributed by atoms with Crippen molar-refractivity contribution in [3.63, 3.8) is 0 Å². The molecule has 0 aromatic carbocycles. The van der Waals surface area contributed by atoms with E-state index in [1.807, 2.05) is 13.8 Å². The van der Waals surface area contributed by atoms with Crippen molar-refractivity contribution in [1.82, 2.24) is 0 Å². The van der Waals surface area contributed by atoms with Gasteiger partial charge in [0.05, 0.1) is 25.2 Å². The van der Waals surface area contributed by atoms with Crippen molar-refractivity contribution in [2.24, 2.45) is 0 Å². The molecule has 4 nitrogen and oxygen atoms in total. The molecule has 1 aliphatic heterocycles. The first-order chi connectivity index (χ1) is 8.46. The van der Waals surface area contributed by atoms with Gasteiger partial charge in [-0.25, -0.2) is 0 Å². The van der Waals surface area contributed by atoms with Gasteiger partial charge in [0.1, 0.15) is 0 Å². The van der Waals surface area contributed by atoms with Crippen molar-refractivity contribution < 1.29 is 19.0 Å². The van der Waals surface area contributed by atoms with E-state index in [0.717, 1.165) is 12.8 Å². The highest BCUT2D eigenvalue weighted by molar-refractivity contribution is 5.70. The van der Waals surface area contributed by atoms with Crippen molar-refractivity contribution >= 4 is 5.97 Å². The SMILES string of the molecule is C=C[C@@H]1C[C@H](CC(=O)OCCCC)OC(C)(C)O1. The normalized spacial score (nSPS) is 26.6. The van der Waals surface area contributed by atoms with Gasteiger partial charge in [-0.15, -0.1) is 6.58 Å². The predicted molar refractivity (Wildman–Crippen MR) is 69.1 cm³/mol. The summed E-state index contributed by atoms with van der Waals surface area (Å²) in [5, 5.41) is 0. The maximum Gasteiger partial charge on any atom is 0.308 e. The second-order valence-corrected chi connectivity index (χ2v) is 5.05. The molecular weight excluding hydrogens is 232 g/mol. The van der Waals surface area contributed by atoms with Crippen LogP contribution >= 0.6 is 0 Å². The maximum atomic E-state index is 11.6. The van der Waals surface area contributed by atoms with Crippen LogP contribution in [0, 0.1) is 0 Å². The first kappa shape index (κ1) is 15.2. The van der Waals surface area contributed by atoms with Crippen LogP contribution in [0.4, 0.5) is 0 Å². The molecule has 0 radical (unpaired) electrons. The Bertz CT molecular complexity index is 286. The van der Waals surface area contributed by atoms with Crippen LogP contribution in [-0.4, -0.2) is 30.6 Å². The summed E-state index contributed by atoms with van der Waals surface area (Å²) in [6, 6.07) is 0. The highest BCUT2D eigenvalue weighted by Crippen LogP contribution is 2.28. The number of esters is 1. The van der Waals surface area contributed by atoms with Gasteiger partial charge in [0.2, 0.25) is 0 Å². The van der Waals surface area contributed by atoms with Crippen molar-refractivity contribution in [3.05, 3.63) is 12.7 Å². The summed E-state index contributed by atoms with van der Waals surface area (Å²) in [6.07, 6.45) is 4.37. The summed E-state index contributed by atoms with van der Waals surface area (Å²) >= 11 is 0. The molecule has 1 aliphatic rings. The zero-order chi connectivity index (χ0) is 13.6. The molecule has 0 amide bonds. The Labute approximate surface area is 109 Å². The van der Waals surface area contributed by atoms with Crippen LogP contribution in [0.15, 0.2) is 12.7 Å². The van der Waals surface area contributed by atoms with Gasteiger partial charge in [-0.05, 0) is 20.3 Å². The molecular formula is C14H24O4. The summed E-state index contributed by atoms with van der Waals surface area (Å²) in [5.41, 5.74) is 0.